The number of aliphatic hydroxyl groups is 2. The zero-order valence-electron chi connectivity index (χ0n) is 8.19. The number of aliphatic hydroxyl groups excluding tert-OH is 2. The highest BCUT2D eigenvalue weighted by atomic mass is 35.5. The largest absolute Gasteiger partial charge is 0.486 e. The predicted octanol–water partition coefficient (Wildman–Crippen LogP) is 1.54. The van der Waals surface area contributed by atoms with E-state index in [1.807, 2.05) is 0 Å². The third-order valence-corrected chi connectivity index (χ3v) is 2.51. The van der Waals surface area contributed by atoms with Crippen LogP contribution in [0.2, 0.25) is 10.0 Å². The molecule has 0 saturated carbocycles. The average Bonchev–Trinajstić information content (AvgIpc) is 2.25. The maximum atomic E-state index is 10.6. The third kappa shape index (κ3) is 3.09. The molecule has 0 spiro atoms. The van der Waals surface area contributed by atoms with Gasteiger partial charge < -0.3 is 14.9 Å². The molecule has 0 aromatic heterocycles. The number of ether oxygens (including phenoxy) is 1. The van der Waals surface area contributed by atoms with Crippen molar-refractivity contribution in [1.82, 2.24) is 0 Å². The van der Waals surface area contributed by atoms with E-state index in [4.69, 9.17) is 38.2 Å². The van der Waals surface area contributed by atoms with Gasteiger partial charge in [0.25, 0.3) is 0 Å². The number of hydrogen-bond donors (Lipinski definition) is 2. The molecule has 0 aliphatic rings. The molecule has 0 fully saturated rings. The highest BCUT2D eigenvalue weighted by Gasteiger charge is 2.12. The molecule has 16 heavy (non-hydrogen) atoms. The van der Waals surface area contributed by atoms with Gasteiger partial charge in [-0.2, -0.15) is 0 Å². The molecule has 0 radical (unpaired) electrons. The Kier molecular flexibility index (Phi) is 5.02. The van der Waals surface area contributed by atoms with Gasteiger partial charge in [0.1, 0.15) is 11.9 Å². The summed E-state index contributed by atoms with van der Waals surface area (Å²) in [6.45, 7) is -0.664. The average molecular weight is 265 g/mol. The van der Waals surface area contributed by atoms with Crippen molar-refractivity contribution >= 4 is 29.5 Å². The number of benzene rings is 1. The second-order valence-electron chi connectivity index (χ2n) is 3.02. The van der Waals surface area contributed by atoms with Gasteiger partial charge in [0, 0.05) is 0 Å². The summed E-state index contributed by atoms with van der Waals surface area (Å²) >= 11 is 11.6. The molecule has 1 aromatic rings. The van der Waals surface area contributed by atoms with Crippen LogP contribution >= 0.6 is 23.2 Å². The fourth-order valence-corrected chi connectivity index (χ4v) is 1.62. The topological polar surface area (TPSA) is 66.8 Å². The number of rotatable bonds is 5. The number of carbonyl (C=O) groups excluding carboxylic acids is 1. The molecule has 0 aliphatic carbocycles. The number of hydrogen-bond acceptors (Lipinski definition) is 4. The van der Waals surface area contributed by atoms with E-state index in [2.05, 4.69) is 0 Å². The van der Waals surface area contributed by atoms with E-state index in [9.17, 15) is 4.79 Å². The van der Waals surface area contributed by atoms with E-state index >= 15 is 0 Å². The first kappa shape index (κ1) is 13.3. The minimum atomic E-state index is -0.741. The van der Waals surface area contributed by atoms with Gasteiger partial charge in [-0.3, -0.25) is 4.79 Å². The first-order valence-electron chi connectivity index (χ1n) is 4.45. The summed E-state index contributed by atoms with van der Waals surface area (Å²) in [5, 5.41) is 18.0. The third-order valence-electron chi connectivity index (χ3n) is 1.88. The van der Waals surface area contributed by atoms with Crippen LogP contribution in [0.5, 0.6) is 5.75 Å². The zero-order chi connectivity index (χ0) is 12.1. The molecule has 0 heterocycles. The van der Waals surface area contributed by atoms with E-state index in [0.29, 0.717) is 6.29 Å². The summed E-state index contributed by atoms with van der Waals surface area (Å²) in [7, 11) is 0. The number of aldehydes is 1. The molecule has 0 bridgehead atoms. The fraction of sp³-hybridized carbons (Fsp3) is 0.300. The van der Waals surface area contributed by atoms with E-state index in [1.54, 1.807) is 0 Å². The van der Waals surface area contributed by atoms with Crippen molar-refractivity contribution in [2.45, 2.75) is 6.10 Å². The minimum Gasteiger partial charge on any atom is -0.486 e. The van der Waals surface area contributed by atoms with Crippen molar-refractivity contribution < 1.29 is 19.7 Å². The Bertz CT molecular complexity index is 354. The summed E-state index contributed by atoms with van der Waals surface area (Å²) < 4.78 is 5.19. The monoisotopic (exact) mass is 264 g/mol. The molecular formula is C10H10Cl2O4. The summed E-state index contributed by atoms with van der Waals surface area (Å²) in [5.41, 5.74) is 0.181. The molecule has 0 aliphatic heterocycles. The van der Waals surface area contributed by atoms with Gasteiger partial charge >= 0.3 is 0 Å². The molecule has 0 unspecified atom stereocenters. The second-order valence-corrected chi connectivity index (χ2v) is 3.84. The van der Waals surface area contributed by atoms with Crippen molar-refractivity contribution in [3.8, 4) is 5.75 Å². The van der Waals surface area contributed by atoms with Crippen LogP contribution in [-0.4, -0.2) is 35.8 Å². The molecule has 0 atom stereocenters. The molecule has 88 valence electrons. The minimum absolute atomic E-state index is 0.159. The SMILES string of the molecule is O=Cc1c(Cl)cc(OC(CO)CO)cc1Cl. The lowest BCUT2D eigenvalue weighted by Gasteiger charge is -2.15. The molecule has 1 aromatic carbocycles. The molecular weight excluding hydrogens is 255 g/mol. The van der Waals surface area contributed by atoms with Crippen LogP contribution in [0.15, 0.2) is 12.1 Å². The lowest BCUT2D eigenvalue weighted by Crippen LogP contribution is -2.25. The van der Waals surface area contributed by atoms with Gasteiger partial charge in [0.15, 0.2) is 6.29 Å². The van der Waals surface area contributed by atoms with Crippen LogP contribution < -0.4 is 4.74 Å². The lowest BCUT2D eigenvalue weighted by molar-refractivity contribution is 0.0629. The second kappa shape index (κ2) is 6.06. The van der Waals surface area contributed by atoms with E-state index in [1.165, 1.54) is 12.1 Å². The zero-order valence-corrected chi connectivity index (χ0v) is 9.70. The summed E-state index contributed by atoms with van der Waals surface area (Å²) in [4.78, 5) is 10.6. The first-order valence-corrected chi connectivity index (χ1v) is 5.20. The van der Waals surface area contributed by atoms with Gasteiger partial charge in [-0.15, -0.1) is 0 Å². The van der Waals surface area contributed by atoms with Gasteiger partial charge in [-0.1, -0.05) is 23.2 Å². The van der Waals surface area contributed by atoms with Crippen molar-refractivity contribution in [3.05, 3.63) is 27.7 Å². The molecule has 0 saturated heterocycles. The van der Waals surface area contributed by atoms with Gasteiger partial charge in [0.05, 0.1) is 28.8 Å². The molecule has 2 N–H and O–H groups in total. The maximum Gasteiger partial charge on any atom is 0.153 e. The van der Waals surface area contributed by atoms with E-state index in [-0.39, 0.29) is 34.6 Å². The van der Waals surface area contributed by atoms with E-state index < -0.39 is 6.10 Å². The maximum absolute atomic E-state index is 10.6. The Balaban J connectivity index is 2.95. The van der Waals surface area contributed by atoms with Crippen LogP contribution in [0.4, 0.5) is 0 Å². The Morgan fingerprint density at radius 3 is 2.12 bits per heavy atom. The van der Waals surface area contributed by atoms with Crippen LogP contribution in [0.1, 0.15) is 10.4 Å². The van der Waals surface area contributed by atoms with Gasteiger partial charge in [-0.25, -0.2) is 0 Å². The highest BCUT2D eigenvalue weighted by Crippen LogP contribution is 2.29. The van der Waals surface area contributed by atoms with Crippen LogP contribution in [-0.2, 0) is 0 Å². The first-order chi connectivity index (χ1) is 7.62. The van der Waals surface area contributed by atoms with E-state index in [0.717, 1.165) is 0 Å². The summed E-state index contributed by atoms with van der Waals surface area (Å²) in [6.07, 6.45) is -0.196. The Hall–Kier alpha value is -0.810. The van der Waals surface area contributed by atoms with Crippen molar-refractivity contribution in [2.75, 3.05) is 13.2 Å². The normalized spacial score (nSPS) is 10.6. The van der Waals surface area contributed by atoms with Gasteiger partial charge in [0.2, 0.25) is 0 Å². The molecule has 6 heteroatoms. The Morgan fingerprint density at radius 1 is 1.25 bits per heavy atom. The number of carbonyl (C=O) groups is 1. The van der Waals surface area contributed by atoms with Crippen LogP contribution in [0.3, 0.4) is 0 Å². The van der Waals surface area contributed by atoms with Gasteiger partial charge in [-0.05, 0) is 12.1 Å². The van der Waals surface area contributed by atoms with Crippen molar-refractivity contribution in [1.29, 1.82) is 0 Å². The number of halogens is 2. The van der Waals surface area contributed by atoms with Crippen LogP contribution in [0, 0.1) is 0 Å². The van der Waals surface area contributed by atoms with Crippen molar-refractivity contribution in [2.24, 2.45) is 0 Å². The predicted molar refractivity (Wildman–Crippen MR) is 60.4 cm³/mol. The summed E-state index contributed by atoms with van der Waals surface area (Å²) in [6, 6.07) is 2.80. The molecule has 0 amide bonds. The standard InChI is InChI=1S/C10H10Cl2O4/c11-9-1-6(16-7(3-13)4-14)2-10(12)8(9)5-15/h1-2,5,7,13-14H,3-4H2. The quantitative estimate of drug-likeness (QED) is 0.792. The Morgan fingerprint density at radius 2 is 1.75 bits per heavy atom. The highest BCUT2D eigenvalue weighted by molar-refractivity contribution is 6.38. The van der Waals surface area contributed by atoms with Crippen molar-refractivity contribution in [3.63, 3.8) is 0 Å². The lowest BCUT2D eigenvalue weighted by atomic mass is 10.2. The molecule has 4 nitrogen and oxygen atoms in total. The molecule has 1 rings (SSSR count). The Labute approximate surface area is 102 Å². The fourth-order valence-electron chi connectivity index (χ4n) is 1.07. The van der Waals surface area contributed by atoms with Crippen LogP contribution in [0.25, 0.3) is 0 Å². The summed E-state index contributed by atoms with van der Waals surface area (Å²) in [5.74, 6) is 0.286. The smallest absolute Gasteiger partial charge is 0.153 e.